The van der Waals surface area contributed by atoms with Gasteiger partial charge in [0, 0.05) is 18.3 Å². The van der Waals surface area contributed by atoms with Crippen LogP contribution in [-0.2, 0) is 4.79 Å². The fourth-order valence-electron chi connectivity index (χ4n) is 2.67. The molecule has 2 amide bonds. The van der Waals surface area contributed by atoms with Crippen LogP contribution in [0.2, 0.25) is 0 Å². The average molecular weight is 287 g/mol. The van der Waals surface area contributed by atoms with Gasteiger partial charge in [-0.3, -0.25) is 4.90 Å². The molecular formula is C12H21N3O3S. The van der Waals surface area contributed by atoms with E-state index in [4.69, 9.17) is 5.11 Å². The number of likely N-dealkylation sites (N-methyl/N-ethyl adjacent to an activating group) is 1. The fraction of sp³-hybridized carbons (Fsp3) is 0.833. The van der Waals surface area contributed by atoms with Crippen molar-refractivity contribution in [1.29, 1.82) is 0 Å². The highest BCUT2D eigenvalue weighted by atomic mass is 32.2. The Kier molecular flexibility index (Phi) is 4.57. The van der Waals surface area contributed by atoms with E-state index < -0.39 is 12.0 Å². The first kappa shape index (κ1) is 14.5. The SMILES string of the molecule is CC1SCC(C(=O)O)N1C(=O)NCC1CCCN1C. The lowest BCUT2D eigenvalue weighted by Gasteiger charge is -2.27. The maximum absolute atomic E-state index is 12.2. The van der Waals surface area contributed by atoms with Crippen molar-refractivity contribution in [1.82, 2.24) is 15.1 Å². The van der Waals surface area contributed by atoms with Crippen molar-refractivity contribution in [2.24, 2.45) is 0 Å². The number of urea groups is 1. The average Bonchev–Trinajstić information content (AvgIpc) is 2.92. The maximum Gasteiger partial charge on any atom is 0.327 e. The van der Waals surface area contributed by atoms with E-state index >= 15 is 0 Å². The lowest BCUT2D eigenvalue weighted by Crippen LogP contribution is -2.51. The monoisotopic (exact) mass is 287 g/mol. The second-order valence-electron chi connectivity index (χ2n) is 5.16. The molecule has 0 bridgehead atoms. The fourth-order valence-corrected chi connectivity index (χ4v) is 3.84. The van der Waals surface area contributed by atoms with Gasteiger partial charge in [0.15, 0.2) is 0 Å². The first-order chi connectivity index (χ1) is 9.00. The van der Waals surface area contributed by atoms with Crippen LogP contribution in [0.1, 0.15) is 19.8 Å². The largest absolute Gasteiger partial charge is 0.480 e. The van der Waals surface area contributed by atoms with Crippen molar-refractivity contribution in [2.75, 3.05) is 25.9 Å². The van der Waals surface area contributed by atoms with Gasteiger partial charge in [0.05, 0.1) is 5.37 Å². The number of carboxylic acids is 1. The number of amides is 2. The molecule has 19 heavy (non-hydrogen) atoms. The summed E-state index contributed by atoms with van der Waals surface area (Å²) in [5.41, 5.74) is 0. The van der Waals surface area contributed by atoms with Crippen LogP contribution in [0, 0.1) is 0 Å². The molecule has 2 aliphatic heterocycles. The molecule has 108 valence electrons. The summed E-state index contributed by atoms with van der Waals surface area (Å²) in [7, 11) is 2.05. The third-order valence-corrected chi connectivity index (χ3v) is 5.12. The zero-order valence-corrected chi connectivity index (χ0v) is 12.2. The highest BCUT2D eigenvalue weighted by Crippen LogP contribution is 2.28. The Balaban J connectivity index is 1.89. The van der Waals surface area contributed by atoms with Crippen LogP contribution in [0.25, 0.3) is 0 Å². The molecule has 0 aliphatic carbocycles. The second-order valence-corrected chi connectivity index (χ2v) is 6.51. The highest BCUT2D eigenvalue weighted by Gasteiger charge is 2.39. The van der Waals surface area contributed by atoms with Crippen molar-refractivity contribution in [3.8, 4) is 0 Å². The molecule has 2 N–H and O–H groups in total. The number of carbonyl (C=O) groups excluding carboxylic acids is 1. The summed E-state index contributed by atoms with van der Waals surface area (Å²) >= 11 is 1.50. The molecule has 3 atom stereocenters. The van der Waals surface area contributed by atoms with Gasteiger partial charge in [-0.2, -0.15) is 0 Å². The molecule has 6 nitrogen and oxygen atoms in total. The van der Waals surface area contributed by atoms with E-state index in [1.54, 1.807) is 0 Å². The minimum absolute atomic E-state index is 0.0811. The standard InChI is InChI=1S/C12H21N3O3S/c1-8-15(10(7-19-8)11(16)17)12(18)13-6-9-4-3-5-14(9)2/h8-10H,3-7H2,1-2H3,(H,13,18)(H,16,17). The predicted molar refractivity (Wildman–Crippen MR) is 74.2 cm³/mol. The number of likely N-dealkylation sites (tertiary alicyclic amines) is 1. The molecule has 2 rings (SSSR count). The number of aliphatic carboxylic acids is 1. The zero-order chi connectivity index (χ0) is 14.0. The lowest BCUT2D eigenvalue weighted by molar-refractivity contribution is -0.141. The van der Waals surface area contributed by atoms with Gasteiger partial charge in [0.2, 0.25) is 0 Å². The van der Waals surface area contributed by atoms with Gasteiger partial charge in [0.1, 0.15) is 6.04 Å². The molecular weight excluding hydrogens is 266 g/mol. The van der Waals surface area contributed by atoms with E-state index in [1.807, 2.05) is 6.92 Å². The van der Waals surface area contributed by atoms with Gasteiger partial charge in [0.25, 0.3) is 0 Å². The number of rotatable bonds is 3. The van der Waals surface area contributed by atoms with E-state index in [2.05, 4.69) is 17.3 Å². The molecule has 2 aliphatic rings. The number of nitrogens with zero attached hydrogens (tertiary/aromatic N) is 2. The quantitative estimate of drug-likeness (QED) is 0.797. The Morgan fingerprint density at radius 1 is 1.47 bits per heavy atom. The van der Waals surface area contributed by atoms with Gasteiger partial charge in [-0.1, -0.05) is 0 Å². The van der Waals surface area contributed by atoms with E-state index in [9.17, 15) is 9.59 Å². The van der Waals surface area contributed by atoms with Crippen LogP contribution < -0.4 is 5.32 Å². The van der Waals surface area contributed by atoms with E-state index in [-0.39, 0.29) is 11.4 Å². The number of carboxylic acid groups (broad SMARTS) is 1. The van der Waals surface area contributed by atoms with E-state index in [0.717, 1.165) is 19.4 Å². The summed E-state index contributed by atoms with van der Waals surface area (Å²) < 4.78 is 0. The molecule has 0 aromatic rings. The normalized spacial score (nSPS) is 31.7. The van der Waals surface area contributed by atoms with Crippen molar-refractivity contribution in [3.05, 3.63) is 0 Å². The smallest absolute Gasteiger partial charge is 0.327 e. The molecule has 3 unspecified atom stereocenters. The van der Waals surface area contributed by atoms with Crippen LogP contribution in [0.3, 0.4) is 0 Å². The minimum Gasteiger partial charge on any atom is -0.480 e. The first-order valence-corrected chi connectivity index (χ1v) is 7.66. The van der Waals surface area contributed by atoms with Crippen LogP contribution in [0.15, 0.2) is 0 Å². The molecule has 7 heteroatoms. The summed E-state index contributed by atoms with van der Waals surface area (Å²) in [5, 5.41) is 11.9. The highest BCUT2D eigenvalue weighted by molar-refractivity contribution is 8.00. The summed E-state index contributed by atoms with van der Waals surface area (Å²) in [6, 6.07) is -0.593. The van der Waals surface area contributed by atoms with Crippen LogP contribution >= 0.6 is 11.8 Å². The van der Waals surface area contributed by atoms with Crippen LogP contribution in [0.5, 0.6) is 0 Å². The number of hydrogen-bond donors (Lipinski definition) is 2. The Labute approximate surface area is 117 Å². The summed E-state index contributed by atoms with van der Waals surface area (Å²) in [6.07, 6.45) is 2.24. The number of nitrogens with one attached hydrogen (secondary N) is 1. The molecule has 2 saturated heterocycles. The van der Waals surface area contributed by atoms with E-state index in [1.165, 1.54) is 16.7 Å². The molecule has 0 spiro atoms. The van der Waals surface area contributed by atoms with Gasteiger partial charge < -0.3 is 15.3 Å². The number of hydrogen-bond acceptors (Lipinski definition) is 4. The molecule has 2 fully saturated rings. The third-order valence-electron chi connectivity index (χ3n) is 3.90. The Morgan fingerprint density at radius 3 is 2.79 bits per heavy atom. The molecule has 2 heterocycles. The maximum atomic E-state index is 12.2. The minimum atomic E-state index is -0.926. The van der Waals surface area contributed by atoms with Gasteiger partial charge in [-0.05, 0) is 33.4 Å². The van der Waals surface area contributed by atoms with Crippen LogP contribution in [0.4, 0.5) is 4.79 Å². The zero-order valence-electron chi connectivity index (χ0n) is 11.3. The van der Waals surface area contributed by atoms with Crippen molar-refractivity contribution < 1.29 is 14.7 Å². The first-order valence-electron chi connectivity index (χ1n) is 6.61. The summed E-state index contributed by atoms with van der Waals surface area (Å²) in [5.74, 6) is -0.460. The summed E-state index contributed by atoms with van der Waals surface area (Å²) in [6.45, 7) is 3.53. The predicted octanol–water partition coefficient (Wildman–Crippen LogP) is 0.638. The molecule has 0 radical (unpaired) electrons. The van der Waals surface area contributed by atoms with Crippen LogP contribution in [-0.4, -0.2) is 70.3 Å². The van der Waals surface area contributed by atoms with Crippen molar-refractivity contribution >= 4 is 23.8 Å². The molecule has 0 saturated carbocycles. The molecule has 0 aromatic heterocycles. The Bertz CT molecular complexity index is 366. The van der Waals surface area contributed by atoms with Crippen molar-refractivity contribution in [3.63, 3.8) is 0 Å². The Morgan fingerprint density at radius 2 is 2.21 bits per heavy atom. The van der Waals surface area contributed by atoms with Gasteiger partial charge in [-0.15, -0.1) is 11.8 Å². The van der Waals surface area contributed by atoms with E-state index in [0.29, 0.717) is 18.3 Å². The molecule has 0 aromatic carbocycles. The lowest BCUT2D eigenvalue weighted by atomic mass is 10.2. The topological polar surface area (TPSA) is 72.9 Å². The third kappa shape index (κ3) is 3.14. The van der Waals surface area contributed by atoms with Gasteiger partial charge >= 0.3 is 12.0 Å². The van der Waals surface area contributed by atoms with Crippen molar-refractivity contribution in [2.45, 2.75) is 37.2 Å². The number of carbonyl (C=O) groups is 2. The Hall–Kier alpha value is -0.950. The van der Waals surface area contributed by atoms with Gasteiger partial charge in [-0.25, -0.2) is 9.59 Å². The second kappa shape index (κ2) is 6.00. The summed E-state index contributed by atoms with van der Waals surface area (Å²) in [4.78, 5) is 27.0. The number of thioether (sulfide) groups is 1.